The second-order valence-electron chi connectivity index (χ2n) is 14.3. The van der Waals surface area contributed by atoms with Gasteiger partial charge in [-0.3, -0.25) is 9.59 Å². The molecule has 2 aliphatic rings. The fraction of sp³-hybridized carbons (Fsp3) is 0.447. The van der Waals surface area contributed by atoms with Gasteiger partial charge in [0.2, 0.25) is 11.8 Å². The summed E-state index contributed by atoms with van der Waals surface area (Å²) in [6, 6.07) is 14.9. The predicted molar refractivity (Wildman–Crippen MR) is 196 cm³/mol. The van der Waals surface area contributed by atoms with Crippen LogP contribution >= 0.6 is 11.6 Å². The Bertz CT molecular complexity index is 1850. The number of aromatic amines is 2. The zero-order valence-electron chi connectivity index (χ0n) is 29.8. The van der Waals surface area contributed by atoms with E-state index in [4.69, 9.17) is 27.1 Å². The molecule has 2 aliphatic heterocycles. The molecule has 3 amide bonds. The predicted octanol–water partition coefficient (Wildman–Crippen LogP) is 6.48. The van der Waals surface area contributed by atoms with Gasteiger partial charge < -0.3 is 35.6 Å². The lowest BCUT2D eigenvalue weighted by molar-refractivity contribution is -0.135. The highest BCUT2D eigenvalue weighted by atomic mass is 35.5. The Hall–Kier alpha value is -4.68. The topological polar surface area (TPSA) is 162 Å². The number of imidazole rings is 2. The minimum atomic E-state index is -0.746. The lowest BCUT2D eigenvalue weighted by Crippen LogP contribution is -2.51. The number of halogens is 1. The first-order chi connectivity index (χ1) is 24.4. The zero-order chi connectivity index (χ0) is 36.4. The van der Waals surface area contributed by atoms with Crippen molar-refractivity contribution in [2.75, 3.05) is 20.2 Å². The number of methoxy groups -OCH3 is 1. The number of H-pyrrole nitrogens is 2. The molecule has 0 aliphatic carbocycles. The molecule has 51 heavy (non-hydrogen) atoms. The molecule has 0 saturated carbocycles. The first-order valence-corrected chi connectivity index (χ1v) is 18.0. The second-order valence-corrected chi connectivity index (χ2v) is 14.7. The lowest BCUT2D eigenvalue weighted by Gasteiger charge is -2.29. The molecule has 12 nitrogen and oxygen atoms in total. The molecular formula is C38H47ClN8O4. The number of benzene rings is 2. The molecule has 4 heterocycles. The monoisotopic (exact) mass is 714 g/mol. The number of hydrogen-bond acceptors (Lipinski definition) is 7. The highest BCUT2D eigenvalue weighted by Gasteiger charge is 2.40. The van der Waals surface area contributed by atoms with Gasteiger partial charge in [-0.2, -0.15) is 0 Å². The van der Waals surface area contributed by atoms with Crippen molar-refractivity contribution in [2.24, 2.45) is 17.6 Å². The smallest absolute Gasteiger partial charge is 0.407 e. The summed E-state index contributed by atoms with van der Waals surface area (Å²) in [4.78, 5) is 58.2. The fourth-order valence-corrected chi connectivity index (χ4v) is 7.35. The van der Waals surface area contributed by atoms with Crippen molar-refractivity contribution in [1.29, 1.82) is 0 Å². The van der Waals surface area contributed by atoms with Crippen LogP contribution in [-0.4, -0.2) is 79.9 Å². The number of nitrogens with two attached hydrogens (primary N) is 1. The number of ether oxygens (including phenoxy) is 1. The molecule has 0 radical (unpaired) electrons. The summed E-state index contributed by atoms with van der Waals surface area (Å²) >= 11 is 6.65. The number of amides is 3. The summed E-state index contributed by atoms with van der Waals surface area (Å²) in [6.07, 6.45) is 4.01. The Kier molecular flexibility index (Phi) is 10.8. The van der Waals surface area contributed by atoms with E-state index in [2.05, 4.69) is 46.2 Å². The molecule has 4 aromatic rings. The number of alkyl carbamates (subject to hydrolysis) is 1. The Morgan fingerprint density at radius 3 is 2.22 bits per heavy atom. The number of rotatable bonds is 10. The van der Waals surface area contributed by atoms with Crippen molar-refractivity contribution < 1.29 is 19.1 Å². The van der Waals surface area contributed by atoms with Crippen LogP contribution in [0.5, 0.6) is 0 Å². The number of nitrogens with one attached hydrogen (secondary N) is 3. The molecule has 0 spiro atoms. The van der Waals surface area contributed by atoms with Gasteiger partial charge in [-0.25, -0.2) is 14.8 Å². The zero-order valence-corrected chi connectivity index (χ0v) is 30.5. The maximum atomic E-state index is 13.6. The van der Waals surface area contributed by atoms with E-state index in [1.807, 2.05) is 55.1 Å². The van der Waals surface area contributed by atoms with Crippen LogP contribution in [0.15, 0.2) is 54.7 Å². The molecule has 0 bridgehead atoms. The Morgan fingerprint density at radius 2 is 1.59 bits per heavy atom. The van der Waals surface area contributed by atoms with E-state index in [9.17, 15) is 14.4 Å². The van der Waals surface area contributed by atoms with E-state index in [0.29, 0.717) is 42.0 Å². The van der Waals surface area contributed by atoms with Crippen molar-refractivity contribution in [3.05, 3.63) is 71.5 Å². The molecule has 5 N–H and O–H groups in total. The molecule has 270 valence electrons. The van der Waals surface area contributed by atoms with Crippen LogP contribution in [0.25, 0.3) is 33.6 Å². The third-order valence-electron chi connectivity index (χ3n) is 9.76. The van der Waals surface area contributed by atoms with Gasteiger partial charge in [0.25, 0.3) is 0 Å². The van der Waals surface area contributed by atoms with Gasteiger partial charge in [0.05, 0.1) is 31.1 Å². The maximum Gasteiger partial charge on any atom is 0.407 e. The van der Waals surface area contributed by atoms with Gasteiger partial charge >= 0.3 is 6.09 Å². The fourth-order valence-electron chi connectivity index (χ4n) is 7.10. The Labute approximate surface area is 303 Å². The number of nitrogens with zero attached hydrogens (tertiary/aromatic N) is 4. The first kappa shape index (κ1) is 36.1. The normalized spacial score (nSPS) is 19.6. The minimum Gasteiger partial charge on any atom is -0.453 e. The molecule has 2 aromatic carbocycles. The van der Waals surface area contributed by atoms with Crippen molar-refractivity contribution in [1.82, 2.24) is 35.1 Å². The standard InChI is InChI=1S/C38H47ClN8O4/c1-21(2)17-31(48)46-16-6-7-29(46)36-43-33(34(39)45-36)26-14-10-24(11-15-26)23-8-12-25(13-9-23)28-19-41-35(42-28)30-18-27(40)20-47(30)37(49)32(22(3)4)44-38(50)51-5/h8-15,19,21-22,27,29-30,32H,6-7,16-18,20,40H2,1-5H3,(H,41,42)(H,43,45)(H,44,50)/t27-,29-,30-,32-/m0/s1. The van der Waals surface area contributed by atoms with Crippen molar-refractivity contribution in [3.63, 3.8) is 0 Å². The summed E-state index contributed by atoms with van der Waals surface area (Å²) < 4.78 is 4.74. The van der Waals surface area contributed by atoms with Gasteiger partial charge in [0.1, 0.15) is 28.5 Å². The summed E-state index contributed by atoms with van der Waals surface area (Å²) in [5.74, 6) is 1.48. The van der Waals surface area contributed by atoms with Gasteiger partial charge in [0.15, 0.2) is 0 Å². The quantitative estimate of drug-likeness (QED) is 0.146. The second kappa shape index (κ2) is 15.3. The average Bonchev–Trinajstić information content (AvgIpc) is 3.93. The first-order valence-electron chi connectivity index (χ1n) is 17.6. The number of hydrogen-bond donors (Lipinski definition) is 4. The van der Waals surface area contributed by atoms with Crippen LogP contribution in [0.1, 0.15) is 77.1 Å². The Morgan fingerprint density at radius 1 is 0.941 bits per heavy atom. The largest absolute Gasteiger partial charge is 0.453 e. The molecule has 0 unspecified atom stereocenters. The van der Waals surface area contributed by atoms with Crippen LogP contribution in [-0.2, 0) is 14.3 Å². The molecule has 2 saturated heterocycles. The molecular weight excluding hydrogens is 668 g/mol. The van der Waals surface area contributed by atoms with Crippen LogP contribution in [0.4, 0.5) is 4.79 Å². The van der Waals surface area contributed by atoms with E-state index < -0.39 is 12.1 Å². The highest BCUT2D eigenvalue weighted by Crippen LogP contribution is 2.36. The van der Waals surface area contributed by atoms with E-state index in [0.717, 1.165) is 53.2 Å². The molecule has 6 rings (SSSR count). The maximum absolute atomic E-state index is 13.6. The van der Waals surface area contributed by atoms with Gasteiger partial charge in [0, 0.05) is 31.1 Å². The number of carbonyl (C=O) groups is 3. The summed E-state index contributed by atoms with van der Waals surface area (Å²) in [5.41, 5.74) is 11.7. The van der Waals surface area contributed by atoms with Crippen LogP contribution in [0.3, 0.4) is 0 Å². The summed E-state index contributed by atoms with van der Waals surface area (Å²) in [7, 11) is 1.27. The molecule has 2 fully saturated rings. The van der Waals surface area contributed by atoms with Crippen molar-refractivity contribution in [3.8, 4) is 33.6 Å². The SMILES string of the molecule is COC(=O)N[C@H](C(=O)N1C[C@@H](N)C[C@H]1c1ncc(-c2ccc(-c3ccc(-c4nc([C@@H]5CCCN5C(=O)CC(C)C)[nH]c4Cl)cc3)cc2)[nH]1)C(C)C. The average molecular weight is 715 g/mol. The van der Waals surface area contributed by atoms with E-state index in [-0.39, 0.29) is 35.9 Å². The minimum absolute atomic E-state index is 0.0871. The van der Waals surface area contributed by atoms with E-state index in [1.54, 1.807) is 11.1 Å². The van der Waals surface area contributed by atoms with Crippen LogP contribution in [0, 0.1) is 11.8 Å². The van der Waals surface area contributed by atoms with Crippen LogP contribution < -0.4 is 11.1 Å². The van der Waals surface area contributed by atoms with Gasteiger partial charge in [-0.1, -0.05) is 87.8 Å². The third-order valence-corrected chi connectivity index (χ3v) is 10.0. The number of carbonyl (C=O) groups excluding carboxylic acids is 3. The summed E-state index contributed by atoms with van der Waals surface area (Å²) in [5, 5.41) is 3.13. The van der Waals surface area contributed by atoms with Crippen molar-refractivity contribution >= 4 is 29.5 Å². The highest BCUT2D eigenvalue weighted by molar-refractivity contribution is 6.31. The molecule has 4 atom stereocenters. The molecule has 13 heteroatoms. The Balaban J connectivity index is 1.14. The van der Waals surface area contributed by atoms with Gasteiger partial charge in [-0.15, -0.1) is 0 Å². The number of aromatic nitrogens is 4. The summed E-state index contributed by atoms with van der Waals surface area (Å²) in [6.45, 7) is 8.98. The third kappa shape index (κ3) is 7.82. The van der Waals surface area contributed by atoms with E-state index >= 15 is 0 Å². The van der Waals surface area contributed by atoms with E-state index in [1.165, 1.54) is 7.11 Å². The van der Waals surface area contributed by atoms with Gasteiger partial charge in [-0.05, 0) is 47.8 Å². The van der Waals surface area contributed by atoms with Crippen molar-refractivity contribution in [2.45, 2.75) is 77.5 Å². The lowest BCUT2D eigenvalue weighted by atomic mass is 10.0. The number of likely N-dealkylation sites (tertiary alicyclic amines) is 2. The molecule has 2 aromatic heterocycles. The van der Waals surface area contributed by atoms with Crippen LogP contribution in [0.2, 0.25) is 5.15 Å².